The van der Waals surface area contributed by atoms with E-state index in [9.17, 15) is 4.79 Å². The number of nitrogens with zero attached hydrogens (tertiary/aromatic N) is 1. The Balaban J connectivity index is 2.07. The summed E-state index contributed by atoms with van der Waals surface area (Å²) in [6.45, 7) is 4.18. The van der Waals surface area contributed by atoms with Crippen molar-refractivity contribution in [3.8, 4) is 0 Å². The minimum Gasteiger partial charge on any atom is -0.349 e. The summed E-state index contributed by atoms with van der Waals surface area (Å²) in [5.74, 6) is 0.788. The lowest BCUT2D eigenvalue weighted by atomic mass is 9.98. The first-order valence-corrected chi connectivity index (χ1v) is 7.07. The van der Waals surface area contributed by atoms with Gasteiger partial charge in [-0.05, 0) is 37.4 Å². The van der Waals surface area contributed by atoms with Crippen LogP contribution in [0.2, 0.25) is 0 Å². The molecule has 1 rings (SSSR count). The highest BCUT2D eigenvalue weighted by Gasteiger charge is 2.05. The Morgan fingerprint density at radius 3 is 2.53 bits per heavy atom. The van der Waals surface area contributed by atoms with Crippen molar-refractivity contribution in [1.82, 2.24) is 10.2 Å². The van der Waals surface area contributed by atoms with Crippen LogP contribution in [0.3, 0.4) is 0 Å². The van der Waals surface area contributed by atoms with E-state index in [1.807, 2.05) is 0 Å². The quantitative estimate of drug-likeness (QED) is 0.730. The number of benzene rings is 1. The molecular weight excluding hydrogens is 236 g/mol. The van der Waals surface area contributed by atoms with Crippen molar-refractivity contribution in [3.05, 3.63) is 35.9 Å². The fraction of sp³-hybridized carbons (Fsp3) is 0.562. The van der Waals surface area contributed by atoms with E-state index in [-0.39, 0.29) is 5.91 Å². The van der Waals surface area contributed by atoms with Gasteiger partial charge in [-0.15, -0.1) is 0 Å². The molecule has 1 amide bonds. The van der Waals surface area contributed by atoms with Crippen molar-refractivity contribution in [1.29, 1.82) is 0 Å². The van der Waals surface area contributed by atoms with Gasteiger partial charge in [0.1, 0.15) is 0 Å². The maximum atomic E-state index is 11.4. The van der Waals surface area contributed by atoms with Crippen LogP contribution < -0.4 is 5.32 Å². The van der Waals surface area contributed by atoms with Crippen LogP contribution in [0.5, 0.6) is 0 Å². The van der Waals surface area contributed by atoms with Gasteiger partial charge in [-0.25, -0.2) is 0 Å². The number of hydrogen-bond donors (Lipinski definition) is 1. The number of carbonyl (C=O) groups excluding carboxylic acids is 1. The van der Waals surface area contributed by atoms with Gasteiger partial charge in [-0.3, -0.25) is 4.79 Å². The van der Waals surface area contributed by atoms with E-state index < -0.39 is 0 Å². The number of rotatable bonds is 8. The van der Waals surface area contributed by atoms with Crippen LogP contribution in [-0.2, 0) is 4.79 Å². The van der Waals surface area contributed by atoms with Crippen molar-refractivity contribution < 1.29 is 4.79 Å². The molecule has 0 radical (unpaired) electrons. The smallest absolute Gasteiger partial charge is 0.222 e. The Hall–Kier alpha value is -1.35. The van der Waals surface area contributed by atoms with Crippen LogP contribution in [0.4, 0.5) is 0 Å². The molecule has 1 aromatic rings. The zero-order valence-corrected chi connectivity index (χ0v) is 12.4. The molecule has 1 unspecified atom stereocenters. The number of amides is 1. The maximum absolute atomic E-state index is 11.4. The van der Waals surface area contributed by atoms with Gasteiger partial charge in [0, 0.05) is 20.5 Å². The Bertz CT molecular complexity index is 362. The Labute approximate surface area is 117 Å². The molecule has 1 atom stereocenters. The fourth-order valence-corrected chi connectivity index (χ4v) is 1.98. The zero-order valence-electron chi connectivity index (χ0n) is 12.4. The van der Waals surface area contributed by atoms with Gasteiger partial charge in [0.2, 0.25) is 5.91 Å². The maximum Gasteiger partial charge on any atom is 0.222 e. The van der Waals surface area contributed by atoms with Crippen LogP contribution >= 0.6 is 0 Å². The topological polar surface area (TPSA) is 32.3 Å². The largest absolute Gasteiger partial charge is 0.349 e. The van der Waals surface area contributed by atoms with E-state index in [2.05, 4.69) is 42.6 Å². The molecule has 0 aliphatic rings. The van der Waals surface area contributed by atoms with Gasteiger partial charge >= 0.3 is 0 Å². The van der Waals surface area contributed by atoms with E-state index in [1.54, 1.807) is 19.0 Å². The summed E-state index contributed by atoms with van der Waals surface area (Å²) in [6, 6.07) is 10.6. The highest BCUT2D eigenvalue weighted by Crippen LogP contribution is 2.17. The van der Waals surface area contributed by atoms with Gasteiger partial charge < -0.3 is 10.2 Å². The molecule has 1 aromatic carbocycles. The SMILES string of the molecule is CC(CCNCCCC(=O)N(C)C)c1ccccc1. The molecule has 0 aromatic heterocycles. The summed E-state index contributed by atoms with van der Waals surface area (Å²) in [4.78, 5) is 13.0. The minimum absolute atomic E-state index is 0.208. The number of nitrogens with one attached hydrogen (secondary N) is 1. The molecule has 0 bridgehead atoms. The van der Waals surface area contributed by atoms with Gasteiger partial charge in [0.25, 0.3) is 0 Å². The Morgan fingerprint density at radius 2 is 1.89 bits per heavy atom. The first kappa shape index (κ1) is 15.7. The second-order valence-corrected chi connectivity index (χ2v) is 5.24. The van der Waals surface area contributed by atoms with Crippen LogP contribution in [-0.4, -0.2) is 38.0 Å². The lowest BCUT2D eigenvalue weighted by molar-refractivity contribution is -0.128. The van der Waals surface area contributed by atoms with E-state index >= 15 is 0 Å². The lowest BCUT2D eigenvalue weighted by Crippen LogP contribution is -2.24. The number of carbonyl (C=O) groups is 1. The molecule has 0 saturated carbocycles. The minimum atomic E-state index is 0.208. The highest BCUT2D eigenvalue weighted by molar-refractivity contribution is 5.75. The summed E-state index contributed by atoms with van der Waals surface area (Å²) in [5.41, 5.74) is 1.40. The van der Waals surface area contributed by atoms with Crippen LogP contribution in [0.25, 0.3) is 0 Å². The Morgan fingerprint density at radius 1 is 1.21 bits per heavy atom. The van der Waals surface area contributed by atoms with Gasteiger partial charge in [0.05, 0.1) is 0 Å². The standard InChI is InChI=1S/C16H26N2O/c1-14(15-8-5-4-6-9-15)11-13-17-12-7-10-16(19)18(2)3/h4-6,8-9,14,17H,7,10-13H2,1-3H3. The summed E-state index contributed by atoms with van der Waals surface area (Å²) in [6.07, 6.45) is 2.68. The Kier molecular flexibility index (Phi) is 7.19. The fourth-order valence-electron chi connectivity index (χ4n) is 1.98. The predicted molar refractivity (Wildman–Crippen MR) is 80.3 cm³/mol. The molecule has 106 valence electrons. The molecule has 0 aliphatic carbocycles. The van der Waals surface area contributed by atoms with Gasteiger partial charge in [0.15, 0.2) is 0 Å². The second-order valence-electron chi connectivity index (χ2n) is 5.24. The summed E-state index contributed by atoms with van der Waals surface area (Å²) in [7, 11) is 3.61. The monoisotopic (exact) mass is 262 g/mol. The molecule has 1 N–H and O–H groups in total. The predicted octanol–water partition coefficient (Wildman–Crippen LogP) is 2.64. The molecule has 0 fully saturated rings. The molecule has 0 aliphatic heterocycles. The van der Waals surface area contributed by atoms with Crippen molar-refractivity contribution in [2.45, 2.75) is 32.1 Å². The molecule has 3 nitrogen and oxygen atoms in total. The average molecular weight is 262 g/mol. The normalized spacial score (nSPS) is 12.2. The molecule has 0 saturated heterocycles. The number of hydrogen-bond acceptors (Lipinski definition) is 2. The third-order valence-electron chi connectivity index (χ3n) is 3.37. The molecule has 19 heavy (non-hydrogen) atoms. The third-order valence-corrected chi connectivity index (χ3v) is 3.37. The first-order chi connectivity index (χ1) is 9.11. The van der Waals surface area contributed by atoms with Gasteiger partial charge in [-0.1, -0.05) is 37.3 Å². The van der Waals surface area contributed by atoms with Crippen LogP contribution in [0.15, 0.2) is 30.3 Å². The summed E-state index contributed by atoms with van der Waals surface area (Å²) < 4.78 is 0. The van der Waals surface area contributed by atoms with Crippen molar-refractivity contribution in [3.63, 3.8) is 0 Å². The van der Waals surface area contributed by atoms with Crippen molar-refractivity contribution in [2.75, 3.05) is 27.2 Å². The van der Waals surface area contributed by atoms with Crippen LogP contribution in [0, 0.1) is 0 Å². The average Bonchev–Trinajstić information content (AvgIpc) is 2.42. The van der Waals surface area contributed by atoms with Crippen molar-refractivity contribution in [2.24, 2.45) is 0 Å². The molecular formula is C16H26N2O. The summed E-state index contributed by atoms with van der Waals surface area (Å²) >= 11 is 0. The molecule has 3 heteroatoms. The zero-order chi connectivity index (χ0) is 14.1. The summed E-state index contributed by atoms with van der Waals surface area (Å²) in [5, 5.41) is 3.41. The first-order valence-electron chi connectivity index (χ1n) is 7.07. The van der Waals surface area contributed by atoms with Crippen LogP contribution in [0.1, 0.15) is 37.7 Å². The van der Waals surface area contributed by atoms with E-state index in [1.165, 1.54) is 5.56 Å². The highest BCUT2D eigenvalue weighted by atomic mass is 16.2. The van der Waals surface area contributed by atoms with E-state index in [0.29, 0.717) is 12.3 Å². The van der Waals surface area contributed by atoms with Crippen molar-refractivity contribution >= 4 is 5.91 Å². The second kappa shape index (κ2) is 8.70. The van der Waals surface area contributed by atoms with E-state index in [0.717, 1.165) is 25.9 Å². The van der Waals surface area contributed by atoms with Gasteiger partial charge in [-0.2, -0.15) is 0 Å². The lowest BCUT2D eigenvalue weighted by Gasteiger charge is -2.13. The third kappa shape index (κ3) is 6.39. The molecule has 0 heterocycles. The van der Waals surface area contributed by atoms with E-state index in [4.69, 9.17) is 0 Å². The molecule has 0 spiro atoms.